The highest BCUT2D eigenvalue weighted by Gasteiger charge is 2.41. The summed E-state index contributed by atoms with van der Waals surface area (Å²) in [5.74, 6) is 0. The molecule has 0 spiro atoms. The predicted octanol–water partition coefficient (Wildman–Crippen LogP) is 2.61. The third-order valence-corrected chi connectivity index (χ3v) is 11.6. The normalized spacial score (nSPS) is 14.8. The van der Waals surface area contributed by atoms with E-state index in [4.69, 9.17) is 0 Å². The predicted molar refractivity (Wildman–Crippen MR) is 115 cm³/mol. The molecule has 0 unspecified atom stereocenters. The van der Waals surface area contributed by atoms with Crippen molar-refractivity contribution in [2.75, 3.05) is 6.61 Å². The van der Waals surface area contributed by atoms with Crippen LogP contribution in [0.5, 0.6) is 0 Å². The lowest BCUT2D eigenvalue weighted by molar-refractivity contribution is 0.282. The highest BCUT2D eigenvalue weighted by molar-refractivity contribution is 7.84. The Morgan fingerprint density at radius 2 is 1.46 bits per heavy atom. The van der Waals surface area contributed by atoms with Gasteiger partial charge in [-0.25, -0.2) is 8.93 Å². The van der Waals surface area contributed by atoms with Crippen molar-refractivity contribution in [3.8, 4) is 0 Å². The van der Waals surface area contributed by atoms with E-state index < -0.39 is 19.1 Å². The van der Waals surface area contributed by atoms with Crippen LogP contribution in [0.25, 0.3) is 0 Å². The van der Waals surface area contributed by atoms with Gasteiger partial charge in [-0.05, 0) is 33.6 Å². The van der Waals surface area contributed by atoms with Crippen LogP contribution in [0.4, 0.5) is 0 Å². The summed E-state index contributed by atoms with van der Waals surface area (Å²) < 4.78 is 16.0. The molecular formula is C21H31NO2SSi. The standard InChI is InChI=1S/C21H31NO2SSi/c1-21(2,3)25(24)22-20(16-11-17-23)26(4,18-12-7-5-8-13-18)19-14-9-6-10-15-19/h5-10,12-15,20,22-23H,11,16-17H2,1-4H3/t20-,25-/m1/s1. The van der Waals surface area contributed by atoms with Crippen LogP contribution in [0.1, 0.15) is 33.6 Å². The molecule has 0 fully saturated rings. The topological polar surface area (TPSA) is 49.3 Å². The maximum absolute atomic E-state index is 12.9. The van der Waals surface area contributed by atoms with Crippen molar-refractivity contribution in [3.63, 3.8) is 0 Å². The zero-order valence-electron chi connectivity index (χ0n) is 16.2. The zero-order valence-corrected chi connectivity index (χ0v) is 18.1. The van der Waals surface area contributed by atoms with Gasteiger partial charge < -0.3 is 5.11 Å². The van der Waals surface area contributed by atoms with Crippen LogP contribution >= 0.6 is 0 Å². The van der Waals surface area contributed by atoms with Crippen LogP contribution in [0.3, 0.4) is 0 Å². The molecule has 2 N–H and O–H groups in total. The van der Waals surface area contributed by atoms with Gasteiger partial charge in [-0.1, -0.05) is 77.6 Å². The highest BCUT2D eigenvalue weighted by Crippen LogP contribution is 2.18. The van der Waals surface area contributed by atoms with Gasteiger partial charge in [-0.3, -0.25) is 0 Å². The van der Waals surface area contributed by atoms with E-state index in [9.17, 15) is 9.32 Å². The molecule has 0 radical (unpaired) electrons. The van der Waals surface area contributed by atoms with Crippen molar-refractivity contribution in [1.29, 1.82) is 0 Å². The summed E-state index contributed by atoms with van der Waals surface area (Å²) in [7, 11) is -3.39. The number of benzene rings is 2. The monoisotopic (exact) mass is 389 g/mol. The van der Waals surface area contributed by atoms with Gasteiger partial charge in [0.25, 0.3) is 0 Å². The minimum atomic E-state index is -2.23. The summed E-state index contributed by atoms with van der Waals surface area (Å²) in [5, 5.41) is 12.1. The molecule has 3 nitrogen and oxygen atoms in total. The average molecular weight is 390 g/mol. The Kier molecular flexibility index (Phi) is 7.35. The van der Waals surface area contributed by atoms with Gasteiger partial charge in [0.05, 0.1) is 15.7 Å². The van der Waals surface area contributed by atoms with Gasteiger partial charge in [0, 0.05) is 12.3 Å². The number of nitrogens with one attached hydrogen (secondary N) is 1. The van der Waals surface area contributed by atoms with Crippen LogP contribution in [0, 0.1) is 0 Å². The van der Waals surface area contributed by atoms with Crippen molar-refractivity contribution in [1.82, 2.24) is 4.72 Å². The fourth-order valence-corrected chi connectivity index (χ4v) is 8.89. The third-order valence-electron chi connectivity index (χ3n) is 4.90. The van der Waals surface area contributed by atoms with Gasteiger partial charge in [0.1, 0.15) is 8.07 Å². The largest absolute Gasteiger partial charge is 0.396 e. The Hall–Kier alpha value is -1.27. The van der Waals surface area contributed by atoms with E-state index in [2.05, 4.69) is 59.8 Å². The third kappa shape index (κ3) is 4.91. The van der Waals surface area contributed by atoms with Crippen molar-refractivity contribution in [3.05, 3.63) is 60.7 Å². The SMILES string of the molecule is CC(C)(C)[S@@](=O)N[C@@H](CCCO)[Si](C)(c1ccccc1)c1ccccc1. The van der Waals surface area contributed by atoms with Gasteiger partial charge >= 0.3 is 0 Å². The second-order valence-corrected chi connectivity index (χ2v) is 14.1. The maximum Gasteiger partial charge on any atom is 0.132 e. The number of hydrogen-bond donors (Lipinski definition) is 2. The van der Waals surface area contributed by atoms with E-state index in [0.717, 1.165) is 6.42 Å². The molecule has 0 saturated heterocycles. The smallest absolute Gasteiger partial charge is 0.132 e. The minimum absolute atomic E-state index is 0.0690. The van der Waals surface area contributed by atoms with E-state index in [0.29, 0.717) is 6.42 Å². The molecule has 0 aromatic heterocycles. The van der Waals surface area contributed by atoms with Gasteiger partial charge in [-0.2, -0.15) is 0 Å². The van der Waals surface area contributed by atoms with Gasteiger partial charge in [0.2, 0.25) is 0 Å². The first kappa shape index (κ1) is 21.0. The van der Waals surface area contributed by atoms with Gasteiger partial charge in [-0.15, -0.1) is 0 Å². The first-order valence-corrected chi connectivity index (χ1v) is 12.9. The summed E-state index contributed by atoms with van der Waals surface area (Å²) in [6.45, 7) is 8.45. The van der Waals surface area contributed by atoms with Crippen molar-refractivity contribution in [2.24, 2.45) is 0 Å². The second-order valence-electron chi connectivity index (χ2n) is 7.85. The number of hydrogen-bond acceptors (Lipinski definition) is 2. The molecule has 2 atom stereocenters. The van der Waals surface area contributed by atoms with E-state index in [1.165, 1.54) is 10.4 Å². The molecule has 0 aliphatic heterocycles. The summed E-state index contributed by atoms with van der Waals surface area (Å²) in [6, 6.07) is 21.1. The molecule has 2 aromatic carbocycles. The van der Waals surface area contributed by atoms with Crippen LogP contribution in [-0.2, 0) is 11.0 Å². The fraction of sp³-hybridized carbons (Fsp3) is 0.429. The first-order valence-electron chi connectivity index (χ1n) is 9.20. The fourth-order valence-electron chi connectivity index (χ4n) is 3.20. The molecule has 2 rings (SSSR count). The van der Waals surface area contributed by atoms with Crippen LogP contribution in [0.2, 0.25) is 6.55 Å². The van der Waals surface area contributed by atoms with Crippen molar-refractivity contribution < 1.29 is 9.32 Å². The Balaban J connectivity index is 2.53. The van der Waals surface area contributed by atoms with Crippen LogP contribution < -0.4 is 15.1 Å². The van der Waals surface area contributed by atoms with Gasteiger partial charge in [0.15, 0.2) is 0 Å². The average Bonchev–Trinajstić information content (AvgIpc) is 2.65. The van der Waals surface area contributed by atoms with Crippen LogP contribution in [0.15, 0.2) is 60.7 Å². The van der Waals surface area contributed by atoms with Crippen molar-refractivity contribution >= 4 is 29.4 Å². The minimum Gasteiger partial charge on any atom is -0.396 e. The van der Waals surface area contributed by atoms with Crippen LogP contribution in [-0.4, -0.2) is 34.4 Å². The second kappa shape index (κ2) is 9.09. The Bertz CT molecular complexity index is 661. The summed E-state index contributed by atoms with van der Waals surface area (Å²) in [6.07, 6.45) is 1.49. The quantitative estimate of drug-likeness (QED) is 0.682. The zero-order chi connectivity index (χ0) is 19.2. The summed E-state index contributed by atoms with van der Waals surface area (Å²) in [5.41, 5.74) is 0.0690. The number of aliphatic hydroxyl groups is 1. The molecule has 0 bridgehead atoms. The lowest BCUT2D eigenvalue weighted by atomic mass is 10.3. The summed E-state index contributed by atoms with van der Waals surface area (Å²) >= 11 is 0. The Morgan fingerprint density at radius 3 is 1.85 bits per heavy atom. The molecule has 2 aromatic rings. The maximum atomic E-state index is 12.9. The molecule has 5 heteroatoms. The first-order chi connectivity index (χ1) is 12.3. The van der Waals surface area contributed by atoms with Crippen molar-refractivity contribution in [2.45, 2.75) is 50.6 Å². The lowest BCUT2D eigenvalue weighted by Gasteiger charge is -2.38. The highest BCUT2D eigenvalue weighted by atomic mass is 32.2. The van der Waals surface area contributed by atoms with E-state index in [1.54, 1.807) is 0 Å². The molecule has 142 valence electrons. The molecule has 0 saturated carbocycles. The Labute approximate surface area is 161 Å². The van der Waals surface area contributed by atoms with E-state index in [1.807, 2.05) is 32.9 Å². The summed E-state index contributed by atoms with van der Waals surface area (Å²) in [4.78, 5) is 0. The Morgan fingerprint density at radius 1 is 1.00 bits per heavy atom. The van der Waals surface area contributed by atoms with E-state index >= 15 is 0 Å². The molecule has 0 heterocycles. The molecule has 0 aliphatic rings. The molecule has 0 aliphatic carbocycles. The molecular weight excluding hydrogens is 358 g/mol. The molecule has 0 amide bonds. The lowest BCUT2D eigenvalue weighted by Crippen LogP contribution is -2.69. The van der Waals surface area contributed by atoms with E-state index in [-0.39, 0.29) is 17.0 Å². The number of rotatable bonds is 8. The number of aliphatic hydroxyl groups excluding tert-OH is 1. The molecule has 26 heavy (non-hydrogen) atoms.